The molecular weight excluding hydrogens is 416 g/mol. The van der Waals surface area contributed by atoms with Crippen molar-refractivity contribution in [3.63, 3.8) is 0 Å². The molecule has 7 nitrogen and oxygen atoms in total. The summed E-state index contributed by atoms with van der Waals surface area (Å²) >= 11 is 0. The van der Waals surface area contributed by atoms with Crippen LogP contribution >= 0.6 is 0 Å². The summed E-state index contributed by atoms with van der Waals surface area (Å²) in [5.41, 5.74) is 2.53. The van der Waals surface area contributed by atoms with Gasteiger partial charge in [-0.1, -0.05) is 24.3 Å². The molecule has 0 saturated carbocycles. The SMILES string of the molecule is Cc1ccc2c(c1)OC(C)(C)C[C@H]2NC(=O)COc1ccc(CN(C)S(C)(=O)=O)cc1. The number of aryl methyl sites for hydroxylation is 1. The highest BCUT2D eigenvalue weighted by molar-refractivity contribution is 7.88. The number of rotatable bonds is 7. The molecule has 168 valence electrons. The van der Waals surface area contributed by atoms with Gasteiger partial charge in [-0.2, -0.15) is 0 Å². The molecule has 3 rings (SSSR count). The second-order valence-electron chi connectivity index (χ2n) is 8.68. The van der Waals surface area contributed by atoms with Gasteiger partial charge in [-0.15, -0.1) is 0 Å². The van der Waals surface area contributed by atoms with Crippen molar-refractivity contribution >= 4 is 15.9 Å². The first-order valence-corrected chi connectivity index (χ1v) is 12.0. The van der Waals surface area contributed by atoms with Crippen LogP contribution in [0.3, 0.4) is 0 Å². The third-order valence-corrected chi connectivity index (χ3v) is 6.49. The second kappa shape index (κ2) is 8.88. The molecule has 1 amide bonds. The summed E-state index contributed by atoms with van der Waals surface area (Å²) < 4.78 is 36.0. The summed E-state index contributed by atoms with van der Waals surface area (Å²) in [6.07, 6.45) is 1.83. The van der Waals surface area contributed by atoms with E-state index >= 15 is 0 Å². The minimum absolute atomic E-state index is 0.110. The number of benzene rings is 2. The van der Waals surface area contributed by atoms with Crippen LogP contribution < -0.4 is 14.8 Å². The van der Waals surface area contributed by atoms with Crippen LogP contribution in [0.4, 0.5) is 0 Å². The fourth-order valence-electron chi connectivity index (χ4n) is 3.54. The Kier molecular flexibility index (Phi) is 6.62. The molecule has 31 heavy (non-hydrogen) atoms. The van der Waals surface area contributed by atoms with Gasteiger partial charge in [-0.25, -0.2) is 12.7 Å². The van der Waals surface area contributed by atoms with Gasteiger partial charge in [0, 0.05) is 25.6 Å². The number of nitrogens with one attached hydrogen (secondary N) is 1. The summed E-state index contributed by atoms with van der Waals surface area (Å²) in [5.74, 6) is 1.14. The molecule has 1 atom stereocenters. The van der Waals surface area contributed by atoms with Crippen molar-refractivity contribution in [2.24, 2.45) is 0 Å². The second-order valence-corrected chi connectivity index (χ2v) is 10.8. The molecule has 1 N–H and O–H groups in total. The maximum absolute atomic E-state index is 12.5. The molecular formula is C23H30N2O5S. The zero-order chi connectivity index (χ0) is 22.8. The van der Waals surface area contributed by atoms with E-state index in [1.807, 2.05) is 39.0 Å². The first-order valence-electron chi connectivity index (χ1n) is 10.1. The molecule has 0 spiro atoms. The summed E-state index contributed by atoms with van der Waals surface area (Å²) in [6.45, 7) is 6.20. The topological polar surface area (TPSA) is 84.9 Å². The van der Waals surface area contributed by atoms with E-state index in [4.69, 9.17) is 9.47 Å². The normalized spacial score (nSPS) is 17.5. The lowest BCUT2D eigenvalue weighted by atomic mass is 9.89. The van der Waals surface area contributed by atoms with Gasteiger partial charge in [0.1, 0.15) is 17.1 Å². The molecule has 1 aliphatic rings. The predicted molar refractivity (Wildman–Crippen MR) is 120 cm³/mol. The third-order valence-electron chi connectivity index (χ3n) is 5.23. The highest BCUT2D eigenvalue weighted by Gasteiger charge is 2.34. The van der Waals surface area contributed by atoms with E-state index in [2.05, 4.69) is 5.32 Å². The van der Waals surface area contributed by atoms with Crippen molar-refractivity contribution in [1.82, 2.24) is 9.62 Å². The average Bonchev–Trinajstić information content (AvgIpc) is 2.65. The molecule has 0 saturated heterocycles. The first-order chi connectivity index (χ1) is 14.4. The standard InChI is InChI=1S/C23H30N2O5S/c1-16-6-11-19-20(13-23(2,3)30-21(19)12-16)24-22(26)15-29-18-9-7-17(8-10-18)14-25(4)31(5,27)28/h6-12,20H,13-15H2,1-5H3,(H,24,26)/t20-/m1/s1. The number of sulfonamides is 1. The molecule has 0 bridgehead atoms. The molecule has 8 heteroatoms. The Labute approximate surface area is 184 Å². The van der Waals surface area contributed by atoms with Crippen LogP contribution in [0.15, 0.2) is 42.5 Å². The molecule has 2 aromatic rings. The number of nitrogens with zero attached hydrogens (tertiary/aromatic N) is 1. The number of amides is 1. The zero-order valence-corrected chi connectivity index (χ0v) is 19.5. The fourth-order valence-corrected chi connectivity index (χ4v) is 3.92. The molecule has 2 aromatic carbocycles. The Balaban J connectivity index is 1.58. The van der Waals surface area contributed by atoms with E-state index in [1.165, 1.54) is 17.6 Å². The number of carbonyl (C=O) groups is 1. The molecule has 1 aliphatic heterocycles. The number of hydrogen-bond donors (Lipinski definition) is 1. The number of ether oxygens (including phenoxy) is 2. The van der Waals surface area contributed by atoms with Crippen molar-refractivity contribution < 1.29 is 22.7 Å². The monoisotopic (exact) mass is 446 g/mol. The van der Waals surface area contributed by atoms with Crippen molar-refractivity contribution in [2.75, 3.05) is 19.9 Å². The van der Waals surface area contributed by atoms with Gasteiger partial charge in [-0.3, -0.25) is 4.79 Å². The summed E-state index contributed by atoms with van der Waals surface area (Å²) in [6, 6.07) is 12.9. The number of carbonyl (C=O) groups excluding carboxylic acids is 1. The van der Waals surface area contributed by atoms with Crippen LogP contribution in [0.25, 0.3) is 0 Å². The lowest BCUT2D eigenvalue weighted by Gasteiger charge is -2.38. The molecule has 1 heterocycles. The Bertz CT molecular complexity index is 1050. The van der Waals surface area contributed by atoms with Gasteiger partial charge in [0.25, 0.3) is 5.91 Å². The summed E-state index contributed by atoms with van der Waals surface area (Å²) in [7, 11) is -1.71. The van der Waals surface area contributed by atoms with Gasteiger partial charge < -0.3 is 14.8 Å². The highest BCUT2D eigenvalue weighted by Crippen LogP contribution is 2.39. The summed E-state index contributed by atoms with van der Waals surface area (Å²) in [5, 5.41) is 3.06. The Morgan fingerprint density at radius 1 is 1.23 bits per heavy atom. The summed E-state index contributed by atoms with van der Waals surface area (Å²) in [4.78, 5) is 12.5. The largest absolute Gasteiger partial charge is 0.487 e. The number of fused-ring (bicyclic) bond motifs is 1. The average molecular weight is 447 g/mol. The van der Waals surface area contributed by atoms with E-state index in [-0.39, 0.29) is 30.7 Å². The molecule has 0 unspecified atom stereocenters. The van der Waals surface area contributed by atoms with Crippen molar-refractivity contribution in [3.05, 3.63) is 59.2 Å². The molecule has 0 radical (unpaired) electrons. The van der Waals surface area contributed by atoms with E-state index in [0.717, 1.165) is 22.4 Å². The van der Waals surface area contributed by atoms with E-state index < -0.39 is 10.0 Å². The van der Waals surface area contributed by atoms with Crippen molar-refractivity contribution in [2.45, 2.75) is 45.4 Å². The van der Waals surface area contributed by atoms with Crippen LogP contribution in [0.2, 0.25) is 0 Å². The van der Waals surface area contributed by atoms with Crippen molar-refractivity contribution in [3.8, 4) is 11.5 Å². The highest BCUT2D eigenvalue weighted by atomic mass is 32.2. The Morgan fingerprint density at radius 3 is 2.55 bits per heavy atom. The van der Waals surface area contributed by atoms with E-state index in [1.54, 1.807) is 24.3 Å². The Hall–Kier alpha value is -2.58. The zero-order valence-electron chi connectivity index (χ0n) is 18.6. The van der Waals surface area contributed by atoms with Gasteiger partial charge in [0.2, 0.25) is 10.0 Å². The van der Waals surface area contributed by atoms with Crippen LogP contribution in [0, 0.1) is 6.92 Å². The quantitative estimate of drug-likeness (QED) is 0.706. The molecule has 0 aromatic heterocycles. The lowest BCUT2D eigenvalue weighted by Crippen LogP contribution is -2.42. The van der Waals surface area contributed by atoms with Crippen molar-refractivity contribution in [1.29, 1.82) is 0 Å². The lowest BCUT2D eigenvalue weighted by molar-refractivity contribution is -0.124. The maximum Gasteiger partial charge on any atom is 0.258 e. The fraction of sp³-hybridized carbons (Fsp3) is 0.435. The third kappa shape index (κ3) is 6.21. The smallest absolute Gasteiger partial charge is 0.258 e. The van der Waals surface area contributed by atoms with Crippen LogP contribution in [0.1, 0.15) is 43.0 Å². The van der Waals surface area contributed by atoms with Gasteiger partial charge in [0.15, 0.2) is 6.61 Å². The predicted octanol–water partition coefficient (Wildman–Crippen LogP) is 3.18. The van der Waals surface area contributed by atoms with E-state index in [0.29, 0.717) is 12.2 Å². The van der Waals surface area contributed by atoms with Gasteiger partial charge >= 0.3 is 0 Å². The minimum Gasteiger partial charge on any atom is -0.487 e. The first kappa shape index (κ1) is 23.1. The van der Waals surface area contributed by atoms with E-state index in [9.17, 15) is 13.2 Å². The maximum atomic E-state index is 12.5. The number of hydrogen-bond acceptors (Lipinski definition) is 5. The van der Waals surface area contributed by atoms with Crippen LogP contribution in [0.5, 0.6) is 11.5 Å². The molecule has 0 aliphatic carbocycles. The molecule has 0 fully saturated rings. The Morgan fingerprint density at radius 2 is 1.90 bits per heavy atom. The van der Waals surface area contributed by atoms with Gasteiger partial charge in [0.05, 0.1) is 12.3 Å². The minimum atomic E-state index is -3.24. The van der Waals surface area contributed by atoms with Crippen LogP contribution in [-0.4, -0.2) is 44.1 Å². The van der Waals surface area contributed by atoms with Gasteiger partial charge in [-0.05, 0) is 50.1 Å². The van der Waals surface area contributed by atoms with Crippen LogP contribution in [-0.2, 0) is 21.4 Å².